The van der Waals surface area contributed by atoms with Crippen molar-refractivity contribution in [2.24, 2.45) is 10.7 Å². The monoisotopic (exact) mass is 296 g/mol. The summed E-state index contributed by atoms with van der Waals surface area (Å²) < 4.78 is 13.7. The summed E-state index contributed by atoms with van der Waals surface area (Å²) in [6.07, 6.45) is 0. The normalized spacial score (nSPS) is 11.1. The summed E-state index contributed by atoms with van der Waals surface area (Å²) in [4.78, 5) is 4.12. The fraction of sp³-hybridized carbons (Fsp3) is 0.176. The SMILES string of the molecule is Cc1ccc(NC(N)=NCc2ccc(C#N)cc2F)cc1C. The van der Waals surface area contributed by atoms with Crippen molar-refractivity contribution in [2.45, 2.75) is 20.4 Å². The minimum absolute atomic E-state index is 0.112. The van der Waals surface area contributed by atoms with E-state index in [2.05, 4.69) is 10.3 Å². The molecule has 0 unspecified atom stereocenters. The maximum atomic E-state index is 13.7. The summed E-state index contributed by atoms with van der Waals surface area (Å²) in [7, 11) is 0. The molecule has 0 radical (unpaired) electrons. The number of nitriles is 1. The van der Waals surface area contributed by atoms with Crippen LogP contribution in [0.15, 0.2) is 41.4 Å². The topological polar surface area (TPSA) is 74.2 Å². The molecule has 0 aromatic heterocycles. The van der Waals surface area contributed by atoms with Gasteiger partial charge in [0.2, 0.25) is 0 Å². The molecule has 0 aliphatic rings. The average Bonchev–Trinajstić information content (AvgIpc) is 2.49. The summed E-state index contributed by atoms with van der Waals surface area (Å²) >= 11 is 0. The van der Waals surface area contributed by atoms with E-state index < -0.39 is 5.82 Å². The van der Waals surface area contributed by atoms with E-state index in [-0.39, 0.29) is 18.1 Å². The Morgan fingerprint density at radius 2 is 2.00 bits per heavy atom. The first-order valence-corrected chi connectivity index (χ1v) is 6.82. The van der Waals surface area contributed by atoms with E-state index in [9.17, 15) is 4.39 Å². The standard InChI is InChI=1S/C17H17FN4/c1-11-3-6-15(7-12(11)2)22-17(20)21-10-14-5-4-13(9-19)8-16(14)18/h3-8H,10H2,1-2H3,(H3,20,21,22). The summed E-state index contributed by atoms with van der Waals surface area (Å²) in [5.74, 6) is -0.242. The number of halogens is 1. The van der Waals surface area contributed by atoms with Crippen LogP contribution in [0.1, 0.15) is 22.3 Å². The van der Waals surface area contributed by atoms with Gasteiger partial charge in [0.15, 0.2) is 5.96 Å². The van der Waals surface area contributed by atoms with E-state index in [0.717, 1.165) is 11.3 Å². The van der Waals surface area contributed by atoms with E-state index in [1.165, 1.54) is 11.6 Å². The third-order valence-corrected chi connectivity index (χ3v) is 3.38. The zero-order valence-corrected chi connectivity index (χ0v) is 12.5. The van der Waals surface area contributed by atoms with Gasteiger partial charge in [0, 0.05) is 11.3 Å². The maximum Gasteiger partial charge on any atom is 0.193 e. The van der Waals surface area contributed by atoms with Gasteiger partial charge < -0.3 is 11.1 Å². The summed E-state index contributed by atoms with van der Waals surface area (Å²) in [5.41, 5.74) is 9.67. The van der Waals surface area contributed by atoms with Gasteiger partial charge in [-0.2, -0.15) is 5.26 Å². The lowest BCUT2D eigenvalue weighted by molar-refractivity contribution is 0.610. The molecule has 5 heteroatoms. The van der Waals surface area contributed by atoms with Crippen LogP contribution in [0.25, 0.3) is 0 Å². The van der Waals surface area contributed by atoms with Gasteiger partial charge in [-0.1, -0.05) is 12.1 Å². The zero-order valence-electron chi connectivity index (χ0n) is 12.5. The van der Waals surface area contributed by atoms with Gasteiger partial charge in [0.25, 0.3) is 0 Å². The molecule has 2 aromatic carbocycles. The van der Waals surface area contributed by atoms with Crippen LogP contribution in [-0.4, -0.2) is 5.96 Å². The van der Waals surface area contributed by atoms with Crippen molar-refractivity contribution in [2.75, 3.05) is 5.32 Å². The van der Waals surface area contributed by atoms with Gasteiger partial charge in [0.05, 0.1) is 18.2 Å². The van der Waals surface area contributed by atoms with Gasteiger partial charge in [-0.25, -0.2) is 9.38 Å². The van der Waals surface area contributed by atoms with Crippen LogP contribution >= 0.6 is 0 Å². The third kappa shape index (κ3) is 3.83. The van der Waals surface area contributed by atoms with E-state index in [0.29, 0.717) is 5.56 Å². The first kappa shape index (κ1) is 15.5. The molecule has 3 N–H and O–H groups in total. The lowest BCUT2D eigenvalue weighted by Crippen LogP contribution is -2.22. The second-order valence-electron chi connectivity index (χ2n) is 5.04. The number of aryl methyl sites for hydroxylation is 2. The van der Waals surface area contributed by atoms with Crippen LogP contribution in [0, 0.1) is 31.0 Å². The molecule has 0 fully saturated rings. The molecule has 0 atom stereocenters. The number of benzene rings is 2. The van der Waals surface area contributed by atoms with Crippen LogP contribution in [0.3, 0.4) is 0 Å². The van der Waals surface area contributed by atoms with E-state index in [1.54, 1.807) is 12.1 Å². The Labute approximate surface area is 129 Å². The van der Waals surface area contributed by atoms with Crippen LogP contribution in [-0.2, 0) is 6.54 Å². The average molecular weight is 296 g/mol. The molecule has 0 saturated heterocycles. The summed E-state index contributed by atoms with van der Waals surface area (Å²) in [5, 5.41) is 11.7. The van der Waals surface area contributed by atoms with Gasteiger partial charge in [-0.3, -0.25) is 0 Å². The van der Waals surface area contributed by atoms with Crippen molar-refractivity contribution in [1.82, 2.24) is 0 Å². The molecule has 2 aromatic rings. The second-order valence-corrected chi connectivity index (χ2v) is 5.04. The highest BCUT2D eigenvalue weighted by Gasteiger charge is 2.03. The number of hydrogen-bond donors (Lipinski definition) is 2. The van der Waals surface area contributed by atoms with Crippen LogP contribution in [0.2, 0.25) is 0 Å². The molecular weight excluding hydrogens is 279 g/mol. The maximum absolute atomic E-state index is 13.7. The predicted molar refractivity (Wildman–Crippen MR) is 86.0 cm³/mol. The number of hydrogen-bond acceptors (Lipinski definition) is 2. The summed E-state index contributed by atoms with van der Waals surface area (Å²) in [6, 6.07) is 12.1. The Balaban J connectivity index is 2.06. The van der Waals surface area contributed by atoms with Crippen molar-refractivity contribution < 1.29 is 4.39 Å². The van der Waals surface area contributed by atoms with Crippen LogP contribution in [0.4, 0.5) is 10.1 Å². The van der Waals surface area contributed by atoms with Gasteiger partial charge >= 0.3 is 0 Å². The van der Waals surface area contributed by atoms with E-state index in [4.69, 9.17) is 11.0 Å². The third-order valence-electron chi connectivity index (χ3n) is 3.38. The molecule has 0 spiro atoms. The number of anilines is 1. The Bertz CT molecular complexity index is 760. The molecule has 112 valence electrons. The highest BCUT2D eigenvalue weighted by atomic mass is 19.1. The van der Waals surface area contributed by atoms with E-state index >= 15 is 0 Å². The number of rotatable bonds is 3. The molecule has 0 bridgehead atoms. The highest BCUT2D eigenvalue weighted by Crippen LogP contribution is 2.14. The van der Waals surface area contributed by atoms with E-state index in [1.807, 2.05) is 38.1 Å². The minimum Gasteiger partial charge on any atom is -0.370 e. The molecule has 4 nitrogen and oxygen atoms in total. The Morgan fingerprint density at radius 1 is 1.23 bits per heavy atom. The number of guanidine groups is 1. The molecule has 0 amide bonds. The minimum atomic E-state index is -0.457. The zero-order chi connectivity index (χ0) is 16.1. The van der Waals surface area contributed by atoms with Gasteiger partial charge in [-0.05, 0) is 49.2 Å². The van der Waals surface area contributed by atoms with Crippen molar-refractivity contribution in [3.63, 3.8) is 0 Å². The number of aliphatic imine (C=N–C) groups is 1. The number of nitrogens with two attached hydrogens (primary N) is 1. The molecular formula is C17H17FN4. The predicted octanol–water partition coefficient (Wildman–Crippen LogP) is 3.24. The molecule has 22 heavy (non-hydrogen) atoms. The molecule has 0 saturated carbocycles. The van der Waals surface area contributed by atoms with Gasteiger partial charge in [-0.15, -0.1) is 0 Å². The number of nitrogens with one attached hydrogen (secondary N) is 1. The smallest absolute Gasteiger partial charge is 0.193 e. The fourth-order valence-electron chi connectivity index (χ4n) is 1.92. The highest BCUT2D eigenvalue weighted by molar-refractivity contribution is 5.92. The molecule has 0 aliphatic heterocycles. The first-order valence-electron chi connectivity index (χ1n) is 6.82. The molecule has 0 aliphatic carbocycles. The first-order chi connectivity index (χ1) is 10.5. The van der Waals surface area contributed by atoms with Gasteiger partial charge in [0.1, 0.15) is 5.82 Å². The Morgan fingerprint density at radius 3 is 2.64 bits per heavy atom. The van der Waals surface area contributed by atoms with Crippen molar-refractivity contribution in [1.29, 1.82) is 5.26 Å². The van der Waals surface area contributed by atoms with Crippen molar-refractivity contribution in [3.8, 4) is 6.07 Å². The lowest BCUT2D eigenvalue weighted by atomic mass is 10.1. The summed E-state index contributed by atoms with van der Waals surface area (Å²) in [6.45, 7) is 4.16. The largest absolute Gasteiger partial charge is 0.370 e. The lowest BCUT2D eigenvalue weighted by Gasteiger charge is -2.08. The fourth-order valence-corrected chi connectivity index (χ4v) is 1.92. The Kier molecular flexibility index (Phi) is 4.74. The quantitative estimate of drug-likeness (QED) is 0.674. The van der Waals surface area contributed by atoms with Crippen molar-refractivity contribution >= 4 is 11.6 Å². The number of nitrogens with zero attached hydrogens (tertiary/aromatic N) is 2. The van der Waals surface area contributed by atoms with Crippen molar-refractivity contribution in [3.05, 3.63) is 64.5 Å². The Hall–Kier alpha value is -2.87. The second kappa shape index (κ2) is 6.72. The molecule has 2 rings (SSSR count). The van der Waals surface area contributed by atoms with Crippen LogP contribution in [0.5, 0.6) is 0 Å². The molecule has 0 heterocycles. The van der Waals surface area contributed by atoms with Crippen LogP contribution < -0.4 is 11.1 Å².